The van der Waals surface area contributed by atoms with Crippen LogP contribution in [0.5, 0.6) is 5.75 Å². The first-order valence-corrected chi connectivity index (χ1v) is 7.00. The molecule has 7 heteroatoms. The number of benzene rings is 1. The highest BCUT2D eigenvalue weighted by molar-refractivity contribution is 5.86. The molecule has 0 amide bonds. The molecule has 1 aromatic carbocycles. The first kappa shape index (κ1) is 18.7. The number of hydrogen-bond acceptors (Lipinski definition) is 6. The highest BCUT2D eigenvalue weighted by Gasteiger charge is 2.24. The highest BCUT2D eigenvalue weighted by Crippen LogP contribution is 2.11. The predicted molar refractivity (Wildman–Crippen MR) is 82.9 cm³/mol. The van der Waals surface area contributed by atoms with Gasteiger partial charge in [-0.15, -0.1) is 0 Å². The fraction of sp³-hybridized carbons (Fsp3) is 0.375. The maximum atomic E-state index is 10.7. The van der Waals surface area contributed by atoms with Crippen molar-refractivity contribution in [2.75, 3.05) is 13.2 Å². The summed E-state index contributed by atoms with van der Waals surface area (Å²) in [6.07, 6.45) is 0.415. The summed E-state index contributed by atoms with van der Waals surface area (Å²) in [6.45, 7) is 6.14. The van der Waals surface area contributed by atoms with Gasteiger partial charge < -0.3 is 25.4 Å². The molecule has 0 aromatic heterocycles. The number of carbonyl (C=O) groups is 2. The van der Waals surface area contributed by atoms with Crippen molar-refractivity contribution in [1.82, 2.24) is 0 Å². The van der Waals surface area contributed by atoms with Crippen LogP contribution in [0, 0.1) is 0 Å². The normalized spacial score (nSPS) is 16.5. The molecule has 2 unspecified atom stereocenters. The van der Waals surface area contributed by atoms with E-state index < -0.39 is 12.0 Å². The first-order chi connectivity index (χ1) is 10.8. The molecule has 1 fully saturated rings. The molecule has 0 spiro atoms. The van der Waals surface area contributed by atoms with Crippen LogP contribution in [0.25, 0.3) is 0 Å². The standard InChI is InChI=1S/C9H11NO3.C7H10O3/c10-8(9(12)13)5-6-1-3-7(11)4-2-6;1-5(2)7(8)10-4-6-3-9-6/h1-4,8,11H,5,10H2,(H,12,13);6H,1,3-4H2,2H3. The van der Waals surface area contributed by atoms with E-state index in [9.17, 15) is 9.59 Å². The third kappa shape index (κ3) is 7.98. The number of rotatable bonds is 6. The number of phenolic OH excluding ortho intramolecular Hbond substituents is 1. The molecule has 1 heterocycles. The van der Waals surface area contributed by atoms with Crippen LogP contribution in [0.15, 0.2) is 36.4 Å². The predicted octanol–water partition coefficient (Wildman–Crippen LogP) is 0.851. The summed E-state index contributed by atoms with van der Waals surface area (Å²) in [5, 5.41) is 17.5. The summed E-state index contributed by atoms with van der Waals surface area (Å²) in [7, 11) is 0. The van der Waals surface area contributed by atoms with Gasteiger partial charge in [-0.05, 0) is 31.0 Å². The number of carboxylic acids is 1. The number of hydrogen-bond donors (Lipinski definition) is 3. The summed E-state index contributed by atoms with van der Waals surface area (Å²) < 4.78 is 9.60. The van der Waals surface area contributed by atoms with Crippen molar-refractivity contribution < 1.29 is 29.3 Å². The Labute approximate surface area is 134 Å². The van der Waals surface area contributed by atoms with Gasteiger partial charge in [-0.25, -0.2) is 4.79 Å². The van der Waals surface area contributed by atoms with E-state index in [2.05, 4.69) is 6.58 Å². The SMILES string of the molecule is C=C(C)C(=O)OCC1CO1.NC(Cc1ccc(O)cc1)C(=O)O. The Morgan fingerprint density at radius 3 is 2.43 bits per heavy atom. The molecule has 1 aliphatic rings. The number of aromatic hydroxyl groups is 1. The Hall–Kier alpha value is -2.38. The van der Waals surface area contributed by atoms with Crippen molar-refractivity contribution in [1.29, 1.82) is 0 Å². The summed E-state index contributed by atoms with van der Waals surface area (Å²) in [6, 6.07) is 5.42. The number of aliphatic carboxylic acids is 1. The van der Waals surface area contributed by atoms with Crippen LogP contribution in [-0.2, 0) is 25.5 Å². The average Bonchev–Trinajstić information content (AvgIpc) is 3.31. The van der Waals surface area contributed by atoms with Crippen LogP contribution in [-0.4, -0.2) is 47.5 Å². The van der Waals surface area contributed by atoms with E-state index in [1.165, 1.54) is 12.1 Å². The van der Waals surface area contributed by atoms with E-state index in [0.717, 1.165) is 5.56 Å². The van der Waals surface area contributed by atoms with Crippen molar-refractivity contribution in [3.8, 4) is 5.75 Å². The Kier molecular flexibility index (Phi) is 7.24. The second-order valence-electron chi connectivity index (χ2n) is 5.15. The maximum Gasteiger partial charge on any atom is 0.333 e. The van der Waals surface area contributed by atoms with Crippen LogP contribution in [0.3, 0.4) is 0 Å². The van der Waals surface area contributed by atoms with Crippen molar-refractivity contribution in [3.05, 3.63) is 42.0 Å². The Morgan fingerprint density at radius 2 is 2.00 bits per heavy atom. The lowest BCUT2D eigenvalue weighted by Crippen LogP contribution is -2.32. The van der Waals surface area contributed by atoms with Crippen molar-refractivity contribution in [2.45, 2.75) is 25.5 Å². The van der Waals surface area contributed by atoms with Crippen molar-refractivity contribution >= 4 is 11.9 Å². The van der Waals surface area contributed by atoms with Gasteiger partial charge in [0.25, 0.3) is 0 Å². The molecule has 0 aliphatic carbocycles. The van der Waals surface area contributed by atoms with Crippen LogP contribution in [0.1, 0.15) is 12.5 Å². The lowest BCUT2D eigenvalue weighted by Gasteiger charge is -2.05. The number of carbonyl (C=O) groups excluding carboxylic acids is 1. The zero-order chi connectivity index (χ0) is 17.4. The van der Waals surface area contributed by atoms with E-state index in [1.807, 2.05) is 0 Å². The van der Waals surface area contributed by atoms with E-state index in [4.69, 9.17) is 25.4 Å². The maximum absolute atomic E-state index is 10.7. The molecule has 126 valence electrons. The number of nitrogens with two attached hydrogens (primary N) is 1. The Balaban J connectivity index is 0.000000238. The third-order valence-electron chi connectivity index (χ3n) is 2.86. The zero-order valence-electron chi connectivity index (χ0n) is 12.9. The van der Waals surface area contributed by atoms with Crippen molar-refractivity contribution in [2.24, 2.45) is 5.73 Å². The fourth-order valence-corrected chi connectivity index (χ4v) is 1.43. The molecule has 0 radical (unpaired) electrons. The number of carboxylic acid groups (broad SMARTS) is 1. The molecule has 2 rings (SSSR count). The summed E-state index contributed by atoms with van der Waals surface area (Å²) in [5.41, 5.74) is 6.55. The van der Waals surface area contributed by atoms with E-state index in [-0.39, 0.29) is 24.2 Å². The van der Waals surface area contributed by atoms with Crippen LogP contribution in [0.4, 0.5) is 0 Å². The minimum Gasteiger partial charge on any atom is -0.508 e. The van der Waals surface area contributed by atoms with Gasteiger partial charge in [-0.1, -0.05) is 18.7 Å². The number of esters is 1. The largest absolute Gasteiger partial charge is 0.508 e. The topological polar surface area (TPSA) is 122 Å². The van der Waals surface area contributed by atoms with E-state index >= 15 is 0 Å². The van der Waals surface area contributed by atoms with E-state index in [1.54, 1.807) is 19.1 Å². The first-order valence-electron chi connectivity index (χ1n) is 7.00. The number of phenols is 1. The smallest absolute Gasteiger partial charge is 0.333 e. The van der Waals surface area contributed by atoms with Gasteiger partial charge in [0.1, 0.15) is 24.5 Å². The lowest BCUT2D eigenvalue weighted by molar-refractivity contribution is -0.139. The minimum absolute atomic E-state index is 0.142. The molecule has 23 heavy (non-hydrogen) atoms. The Morgan fingerprint density at radius 1 is 1.43 bits per heavy atom. The molecule has 0 bridgehead atoms. The molecule has 1 aromatic rings. The van der Waals surface area contributed by atoms with Gasteiger partial charge in [0, 0.05) is 5.57 Å². The van der Waals surface area contributed by atoms with Crippen LogP contribution in [0.2, 0.25) is 0 Å². The highest BCUT2D eigenvalue weighted by atomic mass is 16.6. The quantitative estimate of drug-likeness (QED) is 0.403. The van der Waals surface area contributed by atoms with Gasteiger partial charge in [0.15, 0.2) is 0 Å². The lowest BCUT2D eigenvalue weighted by atomic mass is 10.1. The summed E-state index contributed by atoms with van der Waals surface area (Å²) in [5.74, 6) is -1.20. The summed E-state index contributed by atoms with van der Waals surface area (Å²) in [4.78, 5) is 21.1. The zero-order valence-corrected chi connectivity index (χ0v) is 12.9. The molecular formula is C16H21NO6. The van der Waals surface area contributed by atoms with Gasteiger partial charge >= 0.3 is 11.9 Å². The molecule has 1 saturated heterocycles. The molecular weight excluding hydrogens is 302 g/mol. The van der Waals surface area contributed by atoms with Crippen LogP contribution < -0.4 is 5.73 Å². The monoisotopic (exact) mass is 323 g/mol. The van der Waals surface area contributed by atoms with Gasteiger partial charge in [0.05, 0.1) is 6.61 Å². The molecule has 2 atom stereocenters. The number of epoxide rings is 1. The second-order valence-corrected chi connectivity index (χ2v) is 5.15. The van der Waals surface area contributed by atoms with E-state index in [0.29, 0.717) is 18.8 Å². The van der Waals surface area contributed by atoms with Gasteiger partial charge in [-0.3, -0.25) is 4.79 Å². The van der Waals surface area contributed by atoms with Crippen LogP contribution >= 0.6 is 0 Å². The molecule has 7 nitrogen and oxygen atoms in total. The van der Waals surface area contributed by atoms with Crippen molar-refractivity contribution in [3.63, 3.8) is 0 Å². The average molecular weight is 323 g/mol. The fourth-order valence-electron chi connectivity index (χ4n) is 1.43. The Bertz CT molecular complexity index is 550. The molecule has 0 saturated carbocycles. The molecule has 1 aliphatic heterocycles. The third-order valence-corrected chi connectivity index (χ3v) is 2.86. The van der Waals surface area contributed by atoms with Gasteiger partial charge in [-0.2, -0.15) is 0 Å². The summed E-state index contributed by atoms with van der Waals surface area (Å²) >= 11 is 0. The molecule has 4 N–H and O–H groups in total. The number of ether oxygens (including phenoxy) is 2. The van der Waals surface area contributed by atoms with Gasteiger partial charge in [0.2, 0.25) is 0 Å². The minimum atomic E-state index is -1.02. The second kappa shape index (κ2) is 8.92.